The van der Waals surface area contributed by atoms with E-state index in [1.165, 1.54) is 0 Å². The molecule has 2 rings (SSSR count). The van der Waals surface area contributed by atoms with Crippen LogP contribution in [0.4, 0.5) is 0 Å². The Morgan fingerprint density at radius 2 is 2.30 bits per heavy atom. The molecule has 0 aliphatic carbocycles. The molecule has 2 aromatic rings. The van der Waals surface area contributed by atoms with Crippen LogP contribution in [-0.4, -0.2) is 35.0 Å². The number of nitrogens with zero attached hydrogens (tertiary/aromatic N) is 3. The number of nitrogens with one attached hydrogen (secondary N) is 1. The summed E-state index contributed by atoms with van der Waals surface area (Å²) in [5.41, 5.74) is 1.85. The molecule has 2 heterocycles. The number of methoxy groups -OCH3 is 1. The van der Waals surface area contributed by atoms with Gasteiger partial charge in [0.25, 0.3) is 0 Å². The van der Waals surface area contributed by atoms with Gasteiger partial charge < -0.3 is 10.1 Å². The molecule has 0 aliphatic rings. The van der Waals surface area contributed by atoms with E-state index in [9.17, 15) is 0 Å². The fourth-order valence-electron chi connectivity index (χ4n) is 2.11. The normalized spacial score (nSPS) is 12.6. The maximum Gasteiger partial charge on any atom is 0.0937 e. The molecule has 0 saturated carbocycles. The predicted molar refractivity (Wildman–Crippen MR) is 78.9 cm³/mol. The highest BCUT2D eigenvalue weighted by Gasteiger charge is 2.22. The maximum atomic E-state index is 6.31. The second kappa shape index (κ2) is 7.38. The number of hydrogen-bond donors (Lipinski definition) is 1. The lowest BCUT2D eigenvalue weighted by Gasteiger charge is -2.19. The maximum absolute atomic E-state index is 6.31. The topological polar surface area (TPSA) is 52.0 Å². The van der Waals surface area contributed by atoms with E-state index >= 15 is 0 Å². The average molecular weight is 295 g/mol. The first-order chi connectivity index (χ1) is 9.77. The van der Waals surface area contributed by atoms with Crippen molar-refractivity contribution in [2.45, 2.75) is 19.5 Å². The van der Waals surface area contributed by atoms with Gasteiger partial charge in [0.05, 0.1) is 41.8 Å². The molecule has 0 bridgehead atoms. The molecule has 0 spiro atoms. The van der Waals surface area contributed by atoms with E-state index in [0.29, 0.717) is 18.2 Å². The van der Waals surface area contributed by atoms with Crippen molar-refractivity contribution < 1.29 is 4.74 Å². The zero-order valence-corrected chi connectivity index (χ0v) is 12.5. The van der Waals surface area contributed by atoms with Gasteiger partial charge in [0, 0.05) is 13.3 Å². The zero-order chi connectivity index (χ0) is 14.4. The monoisotopic (exact) mass is 294 g/mol. The molecule has 1 unspecified atom stereocenters. The Bertz CT molecular complexity index is 529. The van der Waals surface area contributed by atoms with Gasteiger partial charge in [-0.15, -0.1) is 0 Å². The average Bonchev–Trinajstić information content (AvgIpc) is 2.84. The summed E-state index contributed by atoms with van der Waals surface area (Å²) in [4.78, 5) is 4.42. The third-order valence-corrected chi connectivity index (χ3v) is 3.30. The van der Waals surface area contributed by atoms with E-state index in [4.69, 9.17) is 16.3 Å². The summed E-state index contributed by atoms with van der Waals surface area (Å²) in [6, 6.07) is 5.78. The van der Waals surface area contributed by atoms with Gasteiger partial charge in [-0.1, -0.05) is 24.6 Å². The quantitative estimate of drug-likeness (QED) is 0.851. The van der Waals surface area contributed by atoms with Crippen molar-refractivity contribution in [3.63, 3.8) is 0 Å². The third kappa shape index (κ3) is 3.36. The van der Waals surface area contributed by atoms with Crippen LogP contribution in [0.3, 0.4) is 0 Å². The van der Waals surface area contributed by atoms with Crippen LogP contribution >= 0.6 is 11.6 Å². The lowest BCUT2D eigenvalue weighted by Crippen LogP contribution is -2.26. The highest BCUT2D eigenvalue weighted by atomic mass is 35.5. The Kier molecular flexibility index (Phi) is 5.52. The van der Waals surface area contributed by atoms with Crippen molar-refractivity contribution in [2.24, 2.45) is 0 Å². The molecule has 0 saturated heterocycles. The molecule has 0 amide bonds. The highest BCUT2D eigenvalue weighted by Crippen LogP contribution is 2.27. The fourth-order valence-corrected chi connectivity index (χ4v) is 2.36. The minimum atomic E-state index is -0.0759. The first-order valence-electron chi connectivity index (χ1n) is 6.62. The van der Waals surface area contributed by atoms with Crippen molar-refractivity contribution in [2.75, 3.05) is 20.3 Å². The van der Waals surface area contributed by atoms with Crippen molar-refractivity contribution in [3.8, 4) is 0 Å². The molecular weight excluding hydrogens is 276 g/mol. The van der Waals surface area contributed by atoms with E-state index in [1.807, 2.05) is 22.9 Å². The molecule has 1 N–H and O–H groups in total. The number of ether oxygens (including phenoxy) is 1. The molecule has 0 radical (unpaired) electrons. The lowest BCUT2D eigenvalue weighted by molar-refractivity contribution is 0.182. The van der Waals surface area contributed by atoms with Gasteiger partial charge in [0.1, 0.15) is 0 Å². The predicted octanol–water partition coefficient (Wildman–Crippen LogP) is 2.28. The summed E-state index contributed by atoms with van der Waals surface area (Å²) >= 11 is 6.31. The SMILES string of the molecule is CCNC(c1ccccn1)c1c(Cl)cnn1CCOC. The van der Waals surface area contributed by atoms with Gasteiger partial charge >= 0.3 is 0 Å². The minimum Gasteiger partial charge on any atom is -0.383 e. The number of hydrogen-bond acceptors (Lipinski definition) is 4. The lowest BCUT2D eigenvalue weighted by atomic mass is 10.1. The fraction of sp³-hybridized carbons (Fsp3) is 0.429. The standard InChI is InChI=1S/C14H19ClN4O/c1-3-16-13(12-6-4-5-7-17-12)14-11(15)10-18-19(14)8-9-20-2/h4-7,10,13,16H,3,8-9H2,1-2H3. The number of halogens is 1. The Morgan fingerprint density at radius 3 is 2.95 bits per heavy atom. The minimum absolute atomic E-state index is 0.0759. The van der Waals surface area contributed by atoms with E-state index in [2.05, 4.69) is 22.3 Å². The summed E-state index contributed by atoms with van der Waals surface area (Å²) in [5.74, 6) is 0. The van der Waals surface area contributed by atoms with Gasteiger partial charge in [-0.3, -0.25) is 9.67 Å². The molecule has 20 heavy (non-hydrogen) atoms. The van der Waals surface area contributed by atoms with E-state index < -0.39 is 0 Å². The van der Waals surface area contributed by atoms with Crippen LogP contribution in [-0.2, 0) is 11.3 Å². The molecule has 108 valence electrons. The van der Waals surface area contributed by atoms with Gasteiger partial charge in [-0.25, -0.2) is 0 Å². The Hall–Kier alpha value is -1.43. The highest BCUT2D eigenvalue weighted by molar-refractivity contribution is 6.31. The Morgan fingerprint density at radius 1 is 1.45 bits per heavy atom. The Balaban J connectivity index is 2.36. The van der Waals surface area contributed by atoms with Crippen molar-refractivity contribution in [3.05, 3.63) is 47.0 Å². The third-order valence-electron chi connectivity index (χ3n) is 3.01. The van der Waals surface area contributed by atoms with Crippen LogP contribution in [0.25, 0.3) is 0 Å². The van der Waals surface area contributed by atoms with Crippen LogP contribution in [0, 0.1) is 0 Å². The molecular formula is C14H19ClN4O. The van der Waals surface area contributed by atoms with Crippen LogP contribution in [0.2, 0.25) is 5.02 Å². The Labute approximate surface area is 123 Å². The van der Waals surface area contributed by atoms with Crippen molar-refractivity contribution in [1.82, 2.24) is 20.1 Å². The molecule has 0 aromatic carbocycles. The van der Waals surface area contributed by atoms with E-state index in [1.54, 1.807) is 19.5 Å². The summed E-state index contributed by atoms with van der Waals surface area (Å²) in [6.07, 6.45) is 3.45. The van der Waals surface area contributed by atoms with Crippen LogP contribution in [0.5, 0.6) is 0 Å². The first kappa shape index (κ1) is 15.0. The van der Waals surface area contributed by atoms with Gasteiger partial charge in [0.15, 0.2) is 0 Å². The van der Waals surface area contributed by atoms with Crippen LogP contribution in [0.15, 0.2) is 30.6 Å². The smallest absolute Gasteiger partial charge is 0.0937 e. The van der Waals surface area contributed by atoms with Crippen LogP contribution in [0.1, 0.15) is 24.4 Å². The first-order valence-corrected chi connectivity index (χ1v) is 7.00. The molecule has 0 fully saturated rings. The van der Waals surface area contributed by atoms with Gasteiger partial charge in [-0.05, 0) is 18.7 Å². The summed E-state index contributed by atoms with van der Waals surface area (Å²) < 4.78 is 6.98. The summed E-state index contributed by atoms with van der Waals surface area (Å²) in [6.45, 7) is 4.12. The molecule has 2 aromatic heterocycles. The zero-order valence-electron chi connectivity index (χ0n) is 11.7. The second-order valence-corrected chi connectivity index (χ2v) is 4.75. The molecule has 1 atom stereocenters. The number of pyridine rings is 1. The second-order valence-electron chi connectivity index (χ2n) is 4.34. The molecule has 6 heteroatoms. The van der Waals surface area contributed by atoms with Crippen molar-refractivity contribution in [1.29, 1.82) is 0 Å². The summed E-state index contributed by atoms with van der Waals surface area (Å²) in [5, 5.41) is 8.37. The van der Waals surface area contributed by atoms with Gasteiger partial charge in [-0.2, -0.15) is 5.10 Å². The number of rotatable bonds is 7. The van der Waals surface area contributed by atoms with E-state index in [0.717, 1.165) is 17.9 Å². The van der Waals surface area contributed by atoms with Crippen molar-refractivity contribution >= 4 is 11.6 Å². The van der Waals surface area contributed by atoms with Gasteiger partial charge in [0.2, 0.25) is 0 Å². The molecule has 0 aliphatic heterocycles. The number of aromatic nitrogens is 3. The van der Waals surface area contributed by atoms with Crippen LogP contribution < -0.4 is 5.32 Å². The largest absolute Gasteiger partial charge is 0.383 e. The van der Waals surface area contributed by atoms with E-state index in [-0.39, 0.29) is 6.04 Å². The molecule has 5 nitrogen and oxygen atoms in total. The summed E-state index contributed by atoms with van der Waals surface area (Å²) in [7, 11) is 1.67.